The van der Waals surface area contributed by atoms with Gasteiger partial charge in [-0.2, -0.15) is 0 Å². The first-order valence-electron chi connectivity index (χ1n) is 6.55. The molecule has 0 saturated heterocycles. The van der Waals surface area contributed by atoms with Crippen molar-refractivity contribution in [2.24, 2.45) is 5.41 Å². The molecule has 1 fully saturated rings. The van der Waals surface area contributed by atoms with Crippen LogP contribution in [0.15, 0.2) is 24.3 Å². The molecule has 0 spiro atoms. The first-order valence-corrected chi connectivity index (χ1v) is 6.55. The molecule has 0 aromatic heterocycles. The van der Waals surface area contributed by atoms with Gasteiger partial charge < -0.3 is 14.8 Å². The van der Waals surface area contributed by atoms with E-state index in [-0.39, 0.29) is 11.5 Å². The van der Waals surface area contributed by atoms with Crippen molar-refractivity contribution in [3.8, 4) is 11.5 Å². The second-order valence-electron chi connectivity index (χ2n) is 5.63. The van der Waals surface area contributed by atoms with Gasteiger partial charge >= 0.3 is 0 Å². The highest BCUT2D eigenvalue weighted by molar-refractivity contribution is 5.33. The van der Waals surface area contributed by atoms with Gasteiger partial charge in [-0.15, -0.1) is 0 Å². The maximum atomic E-state index is 6.11. The molecule has 3 nitrogen and oxygen atoms in total. The Labute approximate surface area is 109 Å². The Kier molecular flexibility index (Phi) is 3.81. The monoisotopic (exact) mass is 249 g/mol. The van der Waals surface area contributed by atoms with Gasteiger partial charge in [-0.05, 0) is 37.4 Å². The first kappa shape index (κ1) is 13.2. The Hall–Kier alpha value is -1.22. The lowest BCUT2D eigenvalue weighted by atomic mass is 9.87. The van der Waals surface area contributed by atoms with Gasteiger partial charge in [-0.25, -0.2) is 0 Å². The molecule has 100 valence electrons. The fourth-order valence-electron chi connectivity index (χ4n) is 2.89. The smallest absolute Gasteiger partial charge is 0.123 e. The zero-order valence-electron chi connectivity index (χ0n) is 11.7. The summed E-state index contributed by atoms with van der Waals surface area (Å²) in [7, 11) is 3.69. The van der Waals surface area contributed by atoms with Crippen LogP contribution in [0.2, 0.25) is 0 Å². The fourth-order valence-corrected chi connectivity index (χ4v) is 2.89. The van der Waals surface area contributed by atoms with Crippen LogP contribution in [0.3, 0.4) is 0 Å². The van der Waals surface area contributed by atoms with Gasteiger partial charge in [0.25, 0.3) is 0 Å². The molecule has 1 aromatic carbocycles. The maximum absolute atomic E-state index is 6.11. The second kappa shape index (κ2) is 5.19. The number of benzene rings is 1. The van der Waals surface area contributed by atoms with Crippen molar-refractivity contribution in [3.63, 3.8) is 0 Å². The first-order chi connectivity index (χ1) is 8.56. The molecule has 1 N–H and O–H groups in total. The summed E-state index contributed by atoms with van der Waals surface area (Å²) in [6.07, 6.45) is 2.51. The Morgan fingerprint density at radius 1 is 1.28 bits per heavy atom. The van der Waals surface area contributed by atoms with E-state index in [0.717, 1.165) is 17.9 Å². The number of likely N-dealkylation sites (N-methyl/N-ethyl adjacent to an activating group) is 1. The third kappa shape index (κ3) is 2.61. The minimum Gasteiger partial charge on any atom is -0.497 e. The van der Waals surface area contributed by atoms with Crippen LogP contribution in [-0.4, -0.2) is 26.3 Å². The van der Waals surface area contributed by atoms with Gasteiger partial charge in [0.1, 0.15) is 17.6 Å². The zero-order chi connectivity index (χ0) is 13.2. The molecule has 0 amide bonds. The number of nitrogens with one attached hydrogen (secondary N) is 1. The maximum Gasteiger partial charge on any atom is 0.123 e. The van der Waals surface area contributed by atoms with Crippen LogP contribution in [0.5, 0.6) is 11.5 Å². The Balaban J connectivity index is 2.09. The predicted molar refractivity (Wildman–Crippen MR) is 73.3 cm³/mol. The highest BCUT2D eigenvalue weighted by atomic mass is 16.5. The SMILES string of the molecule is CNC1C(Oc2cccc(OC)c2)CCC1(C)C. The van der Waals surface area contributed by atoms with Crippen LogP contribution in [0, 0.1) is 5.41 Å². The van der Waals surface area contributed by atoms with E-state index in [4.69, 9.17) is 9.47 Å². The molecule has 0 bridgehead atoms. The highest BCUT2D eigenvalue weighted by Gasteiger charge is 2.42. The Morgan fingerprint density at radius 2 is 2.00 bits per heavy atom. The fraction of sp³-hybridized carbons (Fsp3) is 0.600. The lowest BCUT2D eigenvalue weighted by Crippen LogP contribution is -2.44. The summed E-state index contributed by atoms with van der Waals surface area (Å²) >= 11 is 0. The molecule has 1 saturated carbocycles. The zero-order valence-corrected chi connectivity index (χ0v) is 11.7. The molecule has 1 aliphatic rings. The molecule has 1 aromatic rings. The highest BCUT2D eigenvalue weighted by Crippen LogP contribution is 2.39. The predicted octanol–water partition coefficient (Wildman–Crippen LogP) is 2.85. The van der Waals surface area contributed by atoms with Crippen LogP contribution >= 0.6 is 0 Å². The Bertz CT molecular complexity index is 403. The molecule has 2 atom stereocenters. The van der Waals surface area contributed by atoms with Crippen LogP contribution in [-0.2, 0) is 0 Å². The van der Waals surface area contributed by atoms with Crippen molar-refractivity contribution < 1.29 is 9.47 Å². The number of methoxy groups -OCH3 is 1. The number of hydrogen-bond acceptors (Lipinski definition) is 3. The van der Waals surface area contributed by atoms with E-state index >= 15 is 0 Å². The average molecular weight is 249 g/mol. The van der Waals surface area contributed by atoms with Crippen LogP contribution in [0.25, 0.3) is 0 Å². The molecule has 2 rings (SSSR count). The summed E-state index contributed by atoms with van der Waals surface area (Å²) in [5.74, 6) is 1.73. The second-order valence-corrected chi connectivity index (χ2v) is 5.63. The van der Waals surface area contributed by atoms with Crippen LogP contribution in [0.4, 0.5) is 0 Å². The lowest BCUT2D eigenvalue weighted by molar-refractivity contribution is 0.145. The molecule has 18 heavy (non-hydrogen) atoms. The topological polar surface area (TPSA) is 30.5 Å². The van der Waals surface area contributed by atoms with Gasteiger partial charge in [0.15, 0.2) is 0 Å². The third-order valence-corrected chi connectivity index (χ3v) is 3.93. The van der Waals surface area contributed by atoms with Crippen LogP contribution < -0.4 is 14.8 Å². The average Bonchev–Trinajstić information content (AvgIpc) is 2.64. The minimum absolute atomic E-state index is 0.233. The van der Waals surface area contributed by atoms with E-state index < -0.39 is 0 Å². The molecule has 0 heterocycles. The summed E-state index contributed by atoms with van der Waals surface area (Å²) in [6, 6.07) is 8.21. The number of rotatable bonds is 4. The molecular formula is C15H23NO2. The normalized spacial score (nSPS) is 26.0. The van der Waals surface area contributed by atoms with Gasteiger partial charge in [-0.1, -0.05) is 19.9 Å². The molecule has 0 aliphatic heterocycles. The molecule has 3 heteroatoms. The van der Waals surface area contributed by atoms with E-state index in [9.17, 15) is 0 Å². The van der Waals surface area contributed by atoms with Crippen molar-refractivity contribution in [2.45, 2.75) is 38.8 Å². The van der Waals surface area contributed by atoms with Crippen molar-refractivity contribution in [1.29, 1.82) is 0 Å². The molecular weight excluding hydrogens is 226 g/mol. The van der Waals surface area contributed by atoms with Gasteiger partial charge in [0, 0.05) is 12.1 Å². The van der Waals surface area contributed by atoms with Gasteiger partial charge in [-0.3, -0.25) is 0 Å². The van der Waals surface area contributed by atoms with Crippen LogP contribution in [0.1, 0.15) is 26.7 Å². The van der Waals surface area contributed by atoms with Gasteiger partial charge in [0.05, 0.1) is 7.11 Å². The van der Waals surface area contributed by atoms with Gasteiger partial charge in [0.2, 0.25) is 0 Å². The quantitative estimate of drug-likeness (QED) is 0.890. The summed E-state index contributed by atoms with van der Waals surface area (Å²) in [6.45, 7) is 4.59. The number of hydrogen-bond donors (Lipinski definition) is 1. The minimum atomic E-state index is 0.233. The molecule has 2 unspecified atom stereocenters. The Morgan fingerprint density at radius 3 is 2.67 bits per heavy atom. The van der Waals surface area contributed by atoms with E-state index in [1.807, 2.05) is 31.3 Å². The largest absolute Gasteiger partial charge is 0.497 e. The van der Waals surface area contributed by atoms with E-state index in [0.29, 0.717) is 6.04 Å². The van der Waals surface area contributed by atoms with Crippen molar-refractivity contribution >= 4 is 0 Å². The summed E-state index contributed by atoms with van der Waals surface area (Å²) in [5.41, 5.74) is 0.290. The van der Waals surface area contributed by atoms with E-state index in [1.165, 1.54) is 6.42 Å². The van der Waals surface area contributed by atoms with E-state index in [1.54, 1.807) is 7.11 Å². The summed E-state index contributed by atoms with van der Waals surface area (Å²) < 4.78 is 11.3. The molecule has 0 radical (unpaired) electrons. The van der Waals surface area contributed by atoms with Crippen molar-refractivity contribution in [1.82, 2.24) is 5.32 Å². The van der Waals surface area contributed by atoms with Crippen molar-refractivity contribution in [3.05, 3.63) is 24.3 Å². The summed E-state index contributed by atoms with van der Waals surface area (Å²) in [5, 5.41) is 3.40. The van der Waals surface area contributed by atoms with Crippen molar-refractivity contribution in [2.75, 3.05) is 14.2 Å². The lowest BCUT2D eigenvalue weighted by Gasteiger charge is -2.30. The number of ether oxygens (including phenoxy) is 2. The summed E-state index contributed by atoms with van der Waals surface area (Å²) in [4.78, 5) is 0. The van der Waals surface area contributed by atoms with E-state index in [2.05, 4.69) is 19.2 Å². The standard InChI is InChI=1S/C15H23NO2/c1-15(2)9-8-13(14(15)16-3)18-12-7-5-6-11(10-12)17-4/h5-7,10,13-14,16H,8-9H2,1-4H3. The third-order valence-electron chi connectivity index (χ3n) is 3.93. The molecule has 1 aliphatic carbocycles.